The van der Waals surface area contributed by atoms with Gasteiger partial charge < -0.3 is 19.9 Å². The topological polar surface area (TPSA) is 50.7 Å². The molecule has 0 aromatic heterocycles. The van der Waals surface area contributed by atoms with Crippen molar-refractivity contribution in [1.82, 2.24) is 0 Å². The maximum absolute atomic E-state index is 9.99. The van der Waals surface area contributed by atoms with Crippen molar-refractivity contribution in [2.24, 2.45) is 0 Å². The third-order valence-electron chi connectivity index (χ3n) is 3.16. The zero-order valence-corrected chi connectivity index (χ0v) is 12.5. The molecule has 1 aliphatic heterocycles. The Morgan fingerprint density at radius 3 is 2.75 bits per heavy atom. The molecule has 0 atom stereocenters. The van der Waals surface area contributed by atoms with Crippen LogP contribution in [0.15, 0.2) is 34.8 Å². The van der Waals surface area contributed by atoms with Gasteiger partial charge in [0.1, 0.15) is 5.75 Å². The number of ether oxygens (including phenoxy) is 2. The molecule has 2 N–H and O–H groups in total. The number of aryl methyl sites for hydroxylation is 1. The molecule has 2 aromatic carbocycles. The van der Waals surface area contributed by atoms with Crippen molar-refractivity contribution in [3.63, 3.8) is 0 Å². The lowest BCUT2D eigenvalue weighted by atomic mass is 10.1. The van der Waals surface area contributed by atoms with Crippen molar-refractivity contribution in [2.45, 2.75) is 13.5 Å². The Morgan fingerprint density at radius 1 is 1.20 bits per heavy atom. The minimum absolute atomic E-state index is 0.200. The summed E-state index contributed by atoms with van der Waals surface area (Å²) in [5.74, 6) is 1.46. The molecule has 20 heavy (non-hydrogen) atoms. The molecule has 0 aliphatic carbocycles. The number of anilines is 1. The molecule has 0 bridgehead atoms. The summed E-state index contributed by atoms with van der Waals surface area (Å²) in [6.45, 7) is 2.75. The van der Waals surface area contributed by atoms with Gasteiger partial charge in [-0.25, -0.2) is 0 Å². The number of rotatable bonds is 3. The van der Waals surface area contributed by atoms with E-state index in [9.17, 15) is 5.11 Å². The fraction of sp³-hybridized carbons (Fsp3) is 0.200. The second-order valence-corrected chi connectivity index (χ2v) is 5.53. The zero-order chi connectivity index (χ0) is 14.1. The van der Waals surface area contributed by atoms with Crippen LogP contribution in [0.3, 0.4) is 0 Å². The van der Waals surface area contributed by atoms with Gasteiger partial charge in [-0.05, 0) is 46.6 Å². The number of nitrogens with one attached hydrogen (secondary N) is 1. The molecule has 0 amide bonds. The van der Waals surface area contributed by atoms with E-state index < -0.39 is 0 Å². The number of halogens is 1. The van der Waals surface area contributed by atoms with Crippen molar-refractivity contribution < 1.29 is 14.6 Å². The quantitative estimate of drug-likeness (QED) is 0.895. The number of phenols is 1. The fourth-order valence-corrected chi connectivity index (χ4v) is 2.47. The van der Waals surface area contributed by atoms with Crippen LogP contribution in [0.5, 0.6) is 17.2 Å². The molecule has 4 nitrogen and oxygen atoms in total. The molecule has 0 radical (unpaired) electrons. The minimum Gasteiger partial charge on any atom is -0.507 e. The lowest BCUT2D eigenvalue weighted by Gasteiger charge is -2.11. The van der Waals surface area contributed by atoms with E-state index in [2.05, 4.69) is 21.2 Å². The lowest BCUT2D eigenvalue weighted by Crippen LogP contribution is -2.01. The van der Waals surface area contributed by atoms with Crippen molar-refractivity contribution in [1.29, 1.82) is 0 Å². The van der Waals surface area contributed by atoms with E-state index in [0.717, 1.165) is 15.7 Å². The summed E-state index contributed by atoms with van der Waals surface area (Å²) in [7, 11) is 0. The van der Waals surface area contributed by atoms with Crippen LogP contribution in [-0.4, -0.2) is 11.9 Å². The first-order valence-electron chi connectivity index (χ1n) is 6.25. The highest BCUT2D eigenvalue weighted by molar-refractivity contribution is 9.10. The number of phenolic OH excluding ortho intramolecular Hbond substituents is 1. The van der Waals surface area contributed by atoms with Gasteiger partial charge in [-0.3, -0.25) is 0 Å². The van der Waals surface area contributed by atoms with Crippen LogP contribution >= 0.6 is 15.9 Å². The Labute approximate surface area is 125 Å². The molecular weight excluding hydrogens is 322 g/mol. The second kappa shape index (κ2) is 5.25. The smallest absolute Gasteiger partial charge is 0.231 e. The maximum Gasteiger partial charge on any atom is 0.231 e. The summed E-state index contributed by atoms with van der Waals surface area (Å²) in [6, 6.07) is 9.47. The second-order valence-electron chi connectivity index (χ2n) is 4.67. The SMILES string of the molecule is Cc1ccc(Br)c(NCc2cc3c(cc2O)OCO3)c1. The Bertz CT molecular complexity index is 658. The molecule has 3 rings (SSSR count). The van der Waals surface area contributed by atoms with E-state index in [1.54, 1.807) is 12.1 Å². The summed E-state index contributed by atoms with van der Waals surface area (Å²) in [6.07, 6.45) is 0. The van der Waals surface area contributed by atoms with Crippen molar-refractivity contribution >= 4 is 21.6 Å². The average molecular weight is 336 g/mol. The van der Waals surface area contributed by atoms with Crippen LogP contribution in [0.1, 0.15) is 11.1 Å². The van der Waals surface area contributed by atoms with Crippen LogP contribution in [-0.2, 0) is 6.54 Å². The Kier molecular flexibility index (Phi) is 3.44. The predicted molar refractivity (Wildman–Crippen MR) is 80.4 cm³/mol. The highest BCUT2D eigenvalue weighted by Crippen LogP contribution is 2.38. The monoisotopic (exact) mass is 335 g/mol. The van der Waals surface area contributed by atoms with E-state index in [4.69, 9.17) is 9.47 Å². The Balaban J connectivity index is 1.80. The molecule has 1 heterocycles. The number of benzene rings is 2. The number of hydrogen-bond acceptors (Lipinski definition) is 4. The van der Waals surface area contributed by atoms with E-state index >= 15 is 0 Å². The molecule has 0 spiro atoms. The summed E-state index contributed by atoms with van der Waals surface area (Å²) >= 11 is 3.50. The average Bonchev–Trinajstić information content (AvgIpc) is 2.86. The van der Waals surface area contributed by atoms with E-state index in [0.29, 0.717) is 18.0 Å². The molecular formula is C15H14BrNO3. The molecule has 2 aromatic rings. The van der Waals surface area contributed by atoms with E-state index in [1.165, 1.54) is 5.56 Å². The molecule has 0 unspecified atom stereocenters. The third kappa shape index (κ3) is 2.54. The van der Waals surface area contributed by atoms with Gasteiger partial charge in [0.15, 0.2) is 11.5 Å². The number of aromatic hydroxyl groups is 1. The lowest BCUT2D eigenvalue weighted by molar-refractivity contribution is 0.174. The van der Waals surface area contributed by atoms with Gasteiger partial charge in [-0.15, -0.1) is 0 Å². The van der Waals surface area contributed by atoms with Crippen LogP contribution in [0.2, 0.25) is 0 Å². The standard InChI is InChI=1S/C15H14BrNO3/c1-9-2-3-11(16)12(4-9)17-7-10-5-14-15(6-13(10)18)20-8-19-14/h2-6,17-18H,7-8H2,1H3. The first-order valence-corrected chi connectivity index (χ1v) is 7.04. The van der Waals surface area contributed by atoms with Gasteiger partial charge in [0, 0.05) is 28.3 Å². The maximum atomic E-state index is 9.99. The van der Waals surface area contributed by atoms with Crippen LogP contribution in [0, 0.1) is 6.92 Å². The third-order valence-corrected chi connectivity index (χ3v) is 3.86. The van der Waals surface area contributed by atoms with Crippen LogP contribution < -0.4 is 14.8 Å². The van der Waals surface area contributed by atoms with Crippen molar-refractivity contribution in [3.05, 3.63) is 45.9 Å². The highest BCUT2D eigenvalue weighted by atomic mass is 79.9. The first kappa shape index (κ1) is 13.1. The van der Waals surface area contributed by atoms with Gasteiger partial charge in [0.25, 0.3) is 0 Å². The van der Waals surface area contributed by atoms with Gasteiger partial charge in [0.05, 0.1) is 0 Å². The Morgan fingerprint density at radius 2 is 1.95 bits per heavy atom. The van der Waals surface area contributed by atoms with Gasteiger partial charge >= 0.3 is 0 Å². The molecule has 104 valence electrons. The fourth-order valence-electron chi connectivity index (χ4n) is 2.08. The first-order chi connectivity index (χ1) is 9.63. The minimum atomic E-state index is 0.200. The van der Waals surface area contributed by atoms with E-state index in [1.807, 2.05) is 25.1 Å². The summed E-state index contributed by atoms with van der Waals surface area (Å²) in [5, 5.41) is 13.3. The summed E-state index contributed by atoms with van der Waals surface area (Å²) in [4.78, 5) is 0. The number of hydrogen-bond donors (Lipinski definition) is 2. The van der Waals surface area contributed by atoms with Crippen molar-refractivity contribution in [3.8, 4) is 17.2 Å². The normalized spacial score (nSPS) is 12.5. The van der Waals surface area contributed by atoms with Gasteiger partial charge in [-0.2, -0.15) is 0 Å². The highest BCUT2D eigenvalue weighted by Gasteiger charge is 2.16. The molecule has 0 saturated carbocycles. The summed E-state index contributed by atoms with van der Waals surface area (Å²) < 4.78 is 11.5. The van der Waals surface area contributed by atoms with Gasteiger partial charge in [0.2, 0.25) is 6.79 Å². The zero-order valence-electron chi connectivity index (χ0n) is 10.9. The largest absolute Gasteiger partial charge is 0.507 e. The van der Waals surface area contributed by atoms with Gasteiger partial charge in [-0.1, -0.05) is 6.07 Å². The molecule has 1 aliphatic rings. The van der Waals surface area contributed by atoms with Crippen molar-refractivity contribution in [2.75, 3.05) is 12.1 Å². The van der Waals surface area contributed by atoms with Crippen LogP contribution in [0.4, 0.5) is 5.69 Å². The van der Waals surface area contributed by atoms with Crippen LogP contribution in [0.25, 0.3) is 0 Å². The summed E-state index contributed by atoms with van der Waals surface area (Å²) in [5.41, 5.74) is 2.93. The Hall–Kier alpha value is -1.88. The molecule has 0 saturated heterocycles. The molecule has 5 heteroatoms. The molecule has 0 fully saturated rings. The van der Waals surface area contributed by atoms with E-state index in [-0.39, 0.29) is 12.5 Å². The number of fused-ring (bicyclic) bond motifs is 1. The predicted octanol–water partition coefficient (Wildman–Crippen LogP) is 3.80.